The molecule has 0 saturated carbocycles. The molecule has 0 fully saturated rings. The number of halogens is 4. The maximum atomic E-state index is 12.5. The molecule has 1 aromatic rings. The number of anilines is 2. The first kappa shape index (κ1) is 14.2. The number of alkyl halides is 3. The van der Waals surface area contributed by atoms with Gasteiger partial charge in [0.15, 0.2) is 0 Å². The largest absolute Gasteiger partial charge is 0.405 e. The second-order valence-electron chi connectivity index (χ2n) is 3.74. The van der Waals surface area contributed by atoms with E-state index in [1.165, 1.54) is 4.90 Å². The molecular weight excluding hydrogens is 297 g/mol. The van der Waals surface area contributed by atoms with E-state index < -0.39 is 12.7 Å². The van der Waals surface area contributed by atoms with E-state index in [2.05, 4.69) is 15.9 Å². The third-order valence-electron chi connectivity index (χ3n) is 2.20. The summed E-state index contributed by atoms with van der Waals surface area (Å²) in [5, 5.41) is 0. The first-order valence-electron chi connectivity index (χ1n) is 5.20. The van der Waals surface area contributed by atoms with E-state index in [9.17, 15) is 13.2 Å². The van der Waals surface area contributed by atoms with Crippen molar-refractivity contribution in [1.82, 2.24) is 0 Å². The molecule has 0 heterocycles. The van der Waals surface area contributed by atoms with Gasteiger partial charge < -0.3 is 10.6 Å². The molecule has 0 unspecified atom stereocenters. The number of nitrogen functional groups attached to an aromatic ring is 1. The minimum atomic E-state index is -4.23. The lowest BCUT2D eigenvalue weighted by Gasteiger charge is -2.26. The average molecular weight is 311 g/mol. The van der Waals surface area contributed by atoms with E-state index in [1.54, 1.807) is 18.2 Å². The van der Waals surface area contributed by atoms with Crippen molar-refractivity contribution in [1.29, 1.82) is 0 Å². The van der Waals surface area contributed by atoms with Crippen LogP contribution < -0.4 is 10.6 Å². The Morgan fingerprint density at radius 1 is 1.35 bits per heavy atom. The fourth-order valence-electron chi connectivity index (χ4n) is 1.56. The highest BCUT2D eigenvalue weighted by molar-refractivity contribution is 9.10. The van der Waals surface area contributed by atoms with Gasteiger partial charge in [0.05, 0.1) is 11.4 Å². The van der Waals surface area contributed by atoms with Gasteiger partial charge in [-0.1, -0.05) is 22.9 Å². The summed E-state index contributed by atoms with van der Waals surface area (Å²) in [6.45, 7) is 1.17. The van der Waals surface area contributed by atoms with Crippen LogP contribution in [0.1, 0.15) is 13.3 Å². The SMILES string of the molecule is CCCN(CC(F)(F)F)c1cc(Br)ccc1N. The summed E-state index contributed by atoms with van der Waals surface area (Å²) in [7, 11) is 0. The van der Waals surface area contributed by atoms with Gasteiger partial charge in [0.2, 0.25) is 0 Å². The molecule has 0 saturated heterocycles. The third-order valence-corrected chi connectivity index (χ3v) is 2.69. The molecule has 0 aliphatic heterocycles. The van der Waals surface area contributed by atoms with Gasteiger partial charge in [-0.05, 0) is 24.6 Å². The van der Waals surface area contributed by atoms with Crippen LogP contribution in [-0.2, 0) is 0 Å². The summed E-state index contributed by atoms with van der Waals surface area (Å²) < 4.78 is 38.1. The molecule has 96 valence electrons. The molecule has 0 amide bonds. The van der Waals surface area contributed by atoms with E-state index in [4.69, 9.17) is 5.73 Å². The smallest absolute Gasteiger partial charge is 0.397 e. The topological polar surface area (TPSA) is 29.3 Å². The number of hydrogen-bond acceptors (Lipinski definition) is 2. The second kappa shape index (κ2) is 5.62. The molecule has 0 atom stereocenters. The van der Waals surface area contributed by atoms with E-state index in [-0.39, 0.29) is 0 Å². The van der Waals surface area contributed by atoms with Gasteiger partial charge in [-0.25, -0.2) is 0 Å². The van der Waals surface area contributed by atoms with Crippen LogP contribution in [0, 0.1) is 0 Å². The molecule has 1 rings (SSSR count). The first-order chi connectivity index (χ1) is 7.83. The number of nitrogens with two attached hydrogens (primary N) is 1. The first-order valence-corrected chi connectivity index (χ1v) is 5.99. The van der Waals surface area contributed by atoms with Crippen LogP contribution in [0.2, 0.25) is 0 Å². The van der Waals surface area contributed by atoms with Gasteiger partial charge in [-0.3, -0.25) is 0 Å². The molecule has 0 radical (unpaired) electrons. The summed E-state index contributed by atoms with van der Waals surface area (Å²) in [6.07, 6.45) is -3.61. The molecule has 0 spiro atoms. The zero-order valence-corrected chi connectivity index (χ0v) is 11.0. The summed E-state index contributed by atoms with van der Waals surface area (Å²) in [6, 6.07) is 4.91. The Hall–Kier alpha value is -0.910. The molecule has 17 heavy (non-hydrogen) atoms. The van der Waals surface area contributed by atoms with Gasteiger partial charge in [-0.2, -0.15) is 13.2 Å². The van der Waals surface area contributed by atoms with Crippen molar-refractivity contribution in [3.05, 3.63) is 22.7 Å². The minimum absolute atomic E-state index is 0.320. The van der Waals surface area contributed by atoms with Crippen LogP contribution in [0.3, 0.4) is 0 Å². The number of rotatable bonds is 4. The number of benzene rings is 1. The monoisotopic (exact) mass is 310 g/mol. The van der Waals surface area contributed by atoms with E-state index in [1.807, 2.05) is 6.92 Å². The molecule has 6 heteroatoms. The molecule has 2 nitrogen and oxygen atoms in total. The molecule has 2 N–H and O–H groups in total. The van der Waals surface area contributed by atoms with E-state index in [0.29, 0.717) is 28.8 Å². The summed E-state index contributed by atoms with van der Waals surface area (Å²) in [5.74, 6) is 0. The fourth-order valence-corrected chi connectivity index (χ4v) is 1.91. The lowest BCUT2D eigenvalue weighted by molar-refractivity contribution is -0.119. The van der Waals surface area contributed by atoms with Crippen LogP contribution >= 0.6 is 15.9 Å². The Morgan fingerprint density at radius 3 is 2.53 bits per heavy atom. The Balaban J connectivity index is 3.00. The zero-order valence-electron chi connectivity index (χ0n) is 9.39. The highest BCUT2D eigenvalue weighted by Crippen LogP contribution is 2.30. The normalized spacial score (nSPS) is 11.6. The molecule has 0 aromatic heterocycles. The van der Waals surface area contributed by atoms with E-state index >= 15 is 0 Å². The fraction of sp³-hybridized carbons (Fsp3) is 0.455. The van der Waals surface area contributed by atoms with Gasteiger partial charge in [-0.15, -0.1) is 0 Å². The molecule has 0 aliphatic rings. The lowest BCUT2D eigenvalue weighted by Crippen LogP contribution is -2.35. The van der Waals surface area contributed by atoms with E-state index in [0.717, 1.165) is 0 Å². The second-order valence-corrected chi connectivity index (χ2v) is 4.66. The van der Waals surface area contributed by atoms with Gasteiger partial charge in [0.25, 0.3) is 0 Å². The van der Waals surface area contributed by atoms with Crippen molar-refractivity contribution in [2.75, 3.05) is 23.7 Å². The van der Waals surface area contributed by atoms with Crippen LogP contribution in [0.4, 0.5) is 24.5 Å². The van der Waals surface area contributed by atoms with Crippen LogP contribution in [0.25, 0.3) is 0 Å². The third kappa shape index (κ3) is 4.46. The van der Waals surface area contributed by atoms with Crippen molar-refractivity contribution in [3.63, 3.8) is 0 Å². The van der Waals surface area contributed by atoms with Crippen molar-refractivity contribution < 1.29 is 13.2 Å². The quantitative estimate of drug-likeness (QED) is 0.857. The van der Waals surface area contributed by atoms with Crippen LogP contribution in [0.5, 0.6) is 0 Å². The molecule has 0 aliphatic carbocycles. The predicted molar refractivity (Wildman–Crippen MR) is 67.1 cm³/mol. The molecule has 1 aromatic carbocycles. The lowest BCUT2D eigenvalue weighted by atomic mass is 10.2. The zero-order chi connectivity index (χ0) is 13.1. The van der Waals surface area contributed by atoms with Crippen LogP contribution in [-0.4, -0.2) is 19.3 Å². The summed E-state index contributed by atoms with van der Waals surface area (Å²) in [5.41, 5.74) is 6.48. The standard InChI is InChI=1S/C11H14BrF3N2/c1-2-5-17(7-11(13,14)15)10-6-8(12)3-4-9(10)16/h3-4,6H,2,5,7,16H2,1H3. The predicted octanol–water partition coefficient (Wildman–Crippen LogP) is 3.81. The highest BCUT2D eigenvalue weighted by atomic mass is 79.9. The van der Waals surface area contributed by atoms with Crippen LogP contribution in [0.15, 0.2) is 22.7 Å². The van der Waals surface area contributed by atoms with Crippen molar-refractivity contribution >= 4 is 27.3 Å². The van der Waals surface area contributed by atoms with Gasteiger partial charge >= 0.3 is 6.18 Å². The molecule has 0 bridgehead atoms. The van der Waals surface area contributed by atoms with Crippen molar-refractivity contribution in [2.24, 2.45) is 0 Å². The van der Waals surface area contributed by atoms with Gasteiger partial charge in [0.1, 0.15) is 6.54 Å². The summed E-state index contributed by atoms with van der Waals surface area (Å²) >= 11 is 3.23. The Kier molecular flexibility index (Phi) is 4.68. The number of nitrogens with zero attached hydrogens (tertiary/aromatic N) is 1. The van der Waals surface area contributed by atoms with Crippen molar-refractivity contribution in [3.8, 4) is 0 Å². The Bertz CT molecular complexity index is 379. The maximum absolute atomic E-state index is 12.5. The highest BCUT2D eigenvalue weighted by Gasteiger charge is 2.31. The maximum Gasteiger partial charge on any atom is 0.405 e. The molecular formula is C11H14BrF3N2. The minimum Gasteiger partial charge on any atom is -0.397 e. The Labute approximate surface area is 107 Å². The summed E-state index contributed by atoms with van der Waals surface area (Å²) in [4.78, 5) is 1.25. The average Bonchev–Trinajstić information content (AvgIpc) is 2.19. The van der Waals surface area contributed by atoms with Crippen molar-refractivity contribution in [2.45, 2.75) is 19.5 Å². The number of hydrogen-bond donors (Lipinski definition) is 1. The van der Waals surface area contributed by atoms with Gasteiger partial charge in [0, 0.05) is 11.0 Å². The Morgan fingerprint density at radius 2 is 2.00 bits per heavy atom.